The van der Waals surface area contributed by atoms with Crippen molar-refractivity contribution in [2.24, 2.45) is 11.8 Å². The normalized spacial score (nSPS) is 25.4. The molecule has 2 heterocycles. The lowest BCUT2D eigenvalue weighted by Crippen LogP contribution is -2.46. The maximum absolute atomic E-state index is 13.6. The first-order valence-corrected chi connectivity index (χ1v) is 13.3. The number of ketones is 2. The van der Waals surface area contributed by atoms with Crippen molar-refractivity contribution >= 4 is 23.0 Å². The summed E-state index contributed by atoms with van der Waals surface area (Å²) in [6.45, 7) is 2.83. The van der Waals surface area contributed by atoms with Crippen LogP contribution in [0.25, 0.3) is 5.57 Å². The molecule has 1 aromatic heterocycles. The zero-order valence-electron chi connectivity index (χ0n) is 21.7. The minimum absolute atomic E-state index is 0.0442. The largest absolute Gasteiger partial charge is 0.346 e. The van der Waals surface area contributed by atoms with E-state index in [0.29, 0.717) is 29.2 Å². The van der Waals surface area contributed by atoms with Gasteiger partial charge in [0, 0.05) is 49.0 Å². The number of nitrogens with zero attached hydrogens (tertiary/aromatic N) is 2. The van der Waals surface area contributed by atoms with Gasteiger partial charge in [-0.15, -0.1) is 0 Å². The first-order chi connectivity index (χ1) is 18.7. The Balaban J connectivity index is 1.19. The van der Waals surface area contributed by atoms with E-state index in [-0.39, 0.29) is 61.1 Å². The second-order valence-electron chi connectivity index (χ2n) is 11.0. The Hall–Kier alpha value is -3.69. The molecule has 0 radical (unpaired) electrons. The predicted octanol–water partition coefficient (Wildman–Crippen LogP) is 2.85. The van der Waals surface area contributed by atoms with Crippen molar-refractivity contribution in [2.75, 3.05) is 19.8 Å². The van der Waals surface area contributed by atoms with E-state index in [1.807, 2.05) is 9.80 Å². The fourth-order valence-corrected chi connectivity index (χ4v) is 6.06. The van der Waals surface area contributed by atoms with Gasteiger partial charge in [0.15, 0.2) is 17.2 Å². The fraction of sp³-hybridized carbons (Fsp3) is 0.400. The third kappa shape index (κ3) is 4.70. The molecule has 1 aliphatic heterocycles. The van der Waals surface area contributed by atoms with Gasteiger partial charge >= 0.3 is 0 Å². The molecule has 9 heteroatoms. The fourth-order valence-electron chi connectivity index (χ4n) is 6.06. The van der Waals surface area contributed by atoms with Crippen LogP contribution in [0.5, 0.6) is 0 Å². The number of amides is 1. The Bertz CT molecular complexity index is 1440. The monoisotopic (exact) mass is 531 g/mol. The van der Waals surface area contributed by atoms with Crippen LogP contribution in [0.1, 0.15) is 37.3 Å². The van der Waals surface area contributed by atoms with Crippen LogP contribution in [0, 0.1) is 17.7 Å². The molecule has 2 aromatic rings. The third-order valence-electron chi connectivity index (χ3n) is 8.47. The lowest BCUT2D eigenvalue weighted by Gasteiger charge is -2.31. The van der Waals surface area contributed by atoms with Gasteiger partial charge in [-0.3, -0.25) is 24.1 Å². The lowest BCUT2D eigenvalue weighted by molar-refractivity contribution is -0.135. The molecule has 6 rings (SSSR count). The predicted molar refractivity (Wildman–Crippen MR) is 141 cm³/mol. The number of fused-ring (bicyclic) bond motifs is 2. The van der Waals surface area contributed by atoms with Gasteiger partial charge in [-0.05, 0) is 55.0 Å². The molecule has 3 atom stereocenters. The summed E-state index contributed by atoms with van der Waals surface area (Å²) in [5, 5.41) is 0. The Morgan fingerprint density at radius 1 is 1.15 bits per heavy atom. The van der Waals surface area contributed by atoms with E-state index in [1.165, 1.54) is 24.4 Å². The maximum Gasteiger partial charge on any atom is 0.247 e. The average Bonchev–Trinajstić information content (AvgIpc) is 3.64. The van der Waals surface area contributed by atoms with Crippen molar-refractivity contribution in [1.29, 1.82) is 0 Å². The van der Waals surface area contributed by atoms with Crippen LogP contribution in [-0.4, -0.2) is 63.7 Å². The van der Waals surface area contributed by atoms with Gasteiger partial charge in [0.25, 0.3) is 0 Å². The van der Waals surface area contributed by atoms with Crippen LogP contribution in [0.2, 0.25) is 0 Å². The molecule has 2 unspecified atom stereocenters. The smallest absolute Gasteiger partial charge is 0.247 e. The Kier molecular flexibility index (Phi) is 6.43. The van der Waals surface area contributed by atoms with Gasteiger partial charge < -0.3 is 14.6 Å². The van der Waals surface area contributed by atoms with Crippen molar-refractivity contribution in [2.45, 2.75) is 44.4 Å². The number of allylic oxidation sites excluding steroid dienone is 3. The zero-order chi connectivity index (χ0) is 27.3. The third-order valence-corrected chi connectivity index (χ3v) is 8.47. The number of H-pyrrole nitrogens is 1. The van der Waals surface area contributed by atoms with Gasteiger partial charge in [-0.25, -0.2) is 4.39 Å². The van der Waals surface area contributed by atoms with E-state index < -0.39 is 11.5 Å². The van der Waals surface area contributed by atoms with Crippen molar-refractivity contribution < 1.29 is 23.5 Å². The number of rotatable bonds is 7. The Morgan fingerprint density at radius 3 is 2.62 bits per heavy atom. The van der Waals surface area contributed by atoms with Gasteiger partial charge in [-0.1, -0.05) is 24.3 Å². The second kappa shape index (κ2) is 9.81. The molecule has 3 fully saturated rings. The topological polar surface area (TPSA) is 99.8 Å². The first kappa shape index (κ1) is 25.6. The van der Waals surface area contributed by atoms with E-state index in [4.69, 9.17) is 4.74 Å². The minimum atomic E-state index is -1.24. The van der Waals surface area contributed by atoms with Crippen LogP contribution in [0.3, 0.4) is 0 Å². The molecule has 39 heavy (non-hydrogen) atoms. The SMILES string of the molecule is C[C@@H](C1CC1)N(Cc1ccc(F)cc1)C(=O)CN1COC2(C1)C(=O)CC1C(=O)C(c3ccc(=O)[nH]c3)=CC=C12. The highest BCUT2D eigenvalue weighted by molar-refractivity contribution is 6.26. The molecule has 1 N–H and O–H groups in total. The Labute approximate surface area is 225 Å². The molecule has 1 aromatic carbocycles. The number of pyridine rings is 1. The number of aromatic amines is 1. The minimum Gasteiger partial charge on any atom is -0.346 e. The molecule has 1 spiro atoms. The highest BCUT2D eigenvalue weighted by atomic mass is 19.1. The van der Waals surface area contributed by atoms with Crippen molar-refractivity contribution in [3.63, 3.8) is 0 Å². The molecule has 0 bridgehead atoms. The maximum atomic E-state index is 13.6. The van der Waals surface area contributed by atoms with Crippen LogP contribution in [0.4, 0.5) is 4.39 Å². The number of hydrogen-bond acceptors (Lipinski definition) is 6. The number of carbonyl (C=O) groups excluding carboxylic acids is 3. The number of aromatic nitrogens is 1. The standard InChI is InChI=1S/C30H30FN3O5/c1-18(20-4-5-20)34(14-19-2-7-22(31)8-3-19)28(37)15-33-16-30(39-17-33)25-10-9-23(21-6-11-27(36)32-13-21)29(38)24(25)12-26(30)35/h2-3,6-11,13,18,20,24H,4-5,12,14-17H2,1H3,(H,32,36)/t18-,24?,30?/m0/s1. The van der Waals surface area contributed by atoms with Crippen LogP contribution in [0.15, 0.2) is 65.1 Å². The number of hydrogen-bond donors (Lipinski definition) is 1. The highest BCUT2D eigenvalue weighted by Crippen LogP contribution is 2.47. The molecule has 202 valence electrons. The number of nitrogens with one attached hydrogen (secondary N) is 1. The number of carbonyl (C=O) groups is 3. The number of Topliss-reactive ketones (excluding diaryl/α,β-unsaturated/α-hetero) is 2. The lowest BCUT2D eigenvalue weighted by atomic mass is 9.82. The zero-order valence-corrected chi connectivity index (χ0v) is 21.7. The molecule has 8 nitrogen and oxygen atoms in total. The van der Waals surface area contributed by atoms with Crippen LogP contribution >= 0.6 is 0 Å². The quantitative estimate of drug-likeness (QED) is 0.590. The van der Waals surface area contributed by atoms with E-state index in [9.17, 15) is 23.6 Å². The van der Waals surface area contributed by atoms with Crippen molar-refractivity contribution in [1.82, 2.24) is 14.8 Å². The summed E-state index contributed by atoms with van der Waals surface area (Å²) in [5.41, 5.74) is 1.03. The molecule has 3 aliphatic carbocycles. The van der Waals surface area contributed by atoms with E-state index in [1.54, 1.807) is 30.4 Å². The summed E-state index contributed by atoms with van der Waals surface area (Å²) in [6, 6.07) is 9.19. The van der Waals surface area contributed by atoms with E-state index in [2.05, 4.69) is 11.9 Å². The van der Waals surface area contributed by atoms with Gasteiger partial charge in [0.1, 0.15) is 12.5 Å². The molecule has 2 saturated carbocycles. The number of halogens is 1. The van der Waals surface area contributed by atoms with Gasteiger partial charge in [0.05, 0.1) is 12.5 Å². The van der Waals surface area contributed by atoms with Crippen LogP contribution < -0.4 is 5.56 Å². The summed E-state index contributed by atoms with van der Waals surface area (Å²) >= 11 is 0. The highest BCUT2D eigenvalue weighted by Gasteiger charge is 2.58. The molecule has 1 saturated heterocycles. The molecule has 4 aliphatic rings. The first-order valence-electron chi connectivity index (χ1n) is 13.3. The summed E-state index contributed by atoms with van der Waals surface area (Å²) in [5.74, 6) is -0.892. The summed E-state index contributed by atoms with van der Waals surface area (Å²) in [4.78, 5) is 57.9. The molecule has 1 amide bonds. The Morgan fingerprint density at radius 2 is 1.92 bits per heavy atom. The van der Waals surface area contributed by atoms with E-state index >= 15 is 0 Å². The van der Waals surface area contributed by atoms with Crippen LogP contribution in [-0.2, 0) is 25.7 Å². The van der Waals surface area contributed by atoms with Gasteiger partial charge in [0.2, 0.25) is 11.5 Å². The van der Waals surface area contributed by atoms with Crippen molar-refractivity contribution in [3.05, 3.63) is 87.6 Å². The van der Waals surface area contributed by atoms with Gasteiger partial charge in [-0.2, -0.15) is 0 Å². The summed E-state index contributed by atoms with van der Waals surface area (Å²) < 4.78 is 19.5. The number of ether oxygens (including phenoxy) is 1. The summed E-state index contributed by atoms with van der Waals surface area (Å²) in [6.07, 6.45) is 7.17. The molecular formula is C30H30FN3O5. The average molecular weight is 532 g/mol. The summed E-state index contributed by atoms with van der Waals surface area (Å²) in [7, 11) is 0. The van der Waals surface area contributed by atoms with E-state index in [0.717, 1.165) is 18.4 Å². The molecular weight excluding hydrogens is 501 g/mol. The second-order valence-corrected chi connectivity index (χ2v) is 11.0. The van der Waals surface area contributed by atoms with Crippen molar-refractivity contribution in [3.8, 4) is 0 Å². The number of benzene rings is 1.